The second-order valence-corrected chi connectivity index (χ2v) is 4.45. The van der Waals surface area contributed by atoms with Gasteiger partial charge in [-0.15, -0.1) is 0 Å². The van der Waals surface area contributed by atoms with Crippen LogP contribution in [0.5, 0.6) is 0 Å². The summed E-state index contributed by atoms with van der Waals surface area (Å²) in [7, 11) is 0. The van der Waals surface area contributed by atoms with Crippen LogP contribution in [-0.2, 0) is 0 Å². The molecule has 0 aliphatic rings. The first-order valence-electron chi connectivity index (χ1n) is 5.71. The Morgan fingerprint density at radius 1 is 1.00 bits per heavy atom. The van der Waals surface area contributed by atoms with Crippen molar-refractivity contribution in [2.24, 2.45) is 0 Å². The van der Waals surface area contributed by atoms with Crippen molar-refractivity contribution in [3.8, 4) is 11.6 Å². The zero-order valence-corrected chi connectivity index (χ0v) is 10.4. The van der Waals surface area contributed by atoms with E-state index in [9.17, 15) is 0 Å². The molecule has 92 valence electrons. The molecule has 1 aromatic carbocycles. The molecule has 0 radical (unpaired) electrons. The lowest BCUT2D eigenvalue weighted by atomic mass is 10.2. The van der Waals surface area contributed by atoms with Gasteiger partial charge in [-0.1, -0.05) is 23.7 Å². The molecule has 0 amide bonds. The third-order valence-electron chi connectivity index (χ3n) is 2.92. The number of halogens is 1. The van der Waals surface area contributed by atoms with E-state index in [0.29, 0.717) is 22.7 Å². The van der Waals surface area contributed by atoms with E-state index in [2.05, 4.69) is 9.97 Å². The highest BCUT2D eigenvalue weighted by Gasteiger charge is 2.15. The molecule has 0 fully saturated rings. The number of benzene rings is 1. The fraction of sp³-hybridized carbons (Fsp3) is 0. The van der Waals surface area contributed by atoms with Crippen LogP contribution < -0.4 is 0 Å². The quantitative estimate of drug-likeness (QED) is 0.484. The summed E-state index contributed by atoms with van der Waals surface area (Å²) < 4.78 is 11.0. The van der Waals surface area contributed by atoms with E-state index in [0.717, 1.165) is 11.0 Å². The van der Waals surface area contributed by atoms with Crippen molar-refractivity contribution < 1.29 is 8.83 Å². The zero-order valence-electron chi connectivity index (χ0n) is 9.63. The second kappa shape index (κ2) is 3.83. The molecule has 0 N–H and O–H groups in total. The van der Waals surface area contributed by atoms with E-state index in [1.165, 1.54) is 0 Å². The molecule has 0 saturated carbocycles. The summed E-state index contributed by atoms with van der Waals surface area (Å²) in [5, 5.41) is 1.20. The summed E-state index contributed by atoms with van der Waals surface area (Å²) in [6, 6.07) is 11.2. The third-order valence-corrected chi connectivity index (χ3v) is 3.18. The van der Waals surface area contributed by atoms with Crippen molar-refractivity contribution >= 4 is 33.7 Å². The van der Waals surface area contributed by atoms with E-state index in [1.54, 1.807) is 18.4 Å². The van der Waals surface area contributed by atoms with Crippen LogP contribution in [0, 0.1) is 0 Å². The Balaban J connectivity index is 2.12. The van der Waals surface area contributed by atoms with Crippen molar-refractivity contribution in [3.05, 3.63) is 47.8 Å². The van der Waals surface area contributed by atoms with Gasteiger partial charge in [-0.3, -0.25) is 0 Å². The Hall–Kier alpha value is -2.33. The van der Waals surface area contributed by atoms with Gasteiger partial charge in [-0.05, 0) is 24.3 Å². The number of nitrogens with zero attached hydrogens (tertiary/aromatic N) is 2. The molecule has 0 saturated heterocycles. The van der Waals surface area contributed by atoms with Crippen LogP contribution in [0.25, 0.3) is 33.7 Å². The minimum Gasteiger partial charge on any atom is -0.461 e. The fourth-order valence-electron chi connectivity index (χ4n) is 2.07. The van der Waals surface area contributed by atoms with Crippen LogP contribution in [0.2, 0.25) is 5.15 Å². The molecule has 0 bridgehead atoms. The number of aromatic nitrogens is 2. The Morgan fingerprint density at radius 3 is 2.74 bits per heavy atom. The monoisotopic (exact) mass is 270 g/mol. The molecule has 19 heavy (non-hydrogen) atoms. The molecule has 4 nitrogen and oxygen atoms in total. The summed E-state index contributed by atoms with van der Waals surface area (Å²) in [5.41, 5.74) is 1.94. The highest BCUT2D eigenvalue weighted by atomic mass is 35.5. The molecule has 3 aromatic heterocycles. The van der Waals surface area contributed by atoms with Crippen molar-refractivity contribution in [2.75, 3.05) is 0 Å². The standard InChI is InChI=1S/C14H7ClN2O2/c15-13-12-11(8-4-1-2-5-9(8)19-12)16-14(17-13)10-6-3-7-18-10/h1-7H. The number of rotatable bonds is 1. The number of furan rings is 2. The average molecular weight is 271 g/mol. The summed E-state index contributed by atoms with van der Waals surface area (Å²) in [4.78, 5) is 8.69. The Kier molecular flexibility index (Phi) is 2.13. The van der Waals surface area contributed by atoms with Gasteiger partial charge in [0.15, 0.2) is 22.3 Å². The second-order valence-electron chi connectivity index (χ2n) is 4.09. The van der Waals surface area contributed by atoms with Gasteiger partial charge in [0.1, 0.15) is 11.1 Å². The number of para-hydroxylation sites is 1. The minimum atomic E-state index is 0.285. The molecule has 4 rings (SSSR count). The first kappa shape index (κ1) is 10.6. The highest BCUT2D eigenvalue weighted by Crippen LogP contribution is 2.32. The summed E-state index contributed by atoms with van der Waals surface area (Å²) >= 11 is 6.16. The van der Waals surface area contributed by atoms with E-state index < -0.39 is 0 Å². The summed E-state index contributed by atoms with van der Waals surface area (Å²) in [6.45, 7) is 0. The Bertz CT molecular complexity index is 881. The van der Waals surface area contributed by atoms with Crippen molar-refractivity contribution in [1.82, 2.24) is 9.97 Å². The van der Waals surface area contributed by atoms with Gasteiger partial charge in [0.2, 0.25) is 0 Å². The van der Waals surface area contributed by atoms with E-state index in [1.807, 2.05) is 24.3 Å². The van der Waals surface area contributed by atoms with Crippen LogP contribution in [0.15, 0.2) is 51.5 Å². The maximum absolute atomic E-state index is 6.16. The van der Waals surface area contributed by atoms with E-state index in [-0.39, 0.29) is 5.15 Å². The van der Waals surface area contributed by atoms with Gasteiger partial charge in [0, 0.05) is 5.39 Å². The van der Waals surface area contributed by atoms with Crippen LogP contribution in [0.4, 0.5) is 0 Å². The van der Waals surface area contributed by atoms with Gasteiger partial charge in [0.25, 0.3) is 0 Å². The molecule has 0 spiro atoms. The van der Waals surface area contributed by atoms with Gasteiger partial charge < -0.3 is 8.83 Å². The first-order chi connectivity index (χ1) is 9.33. The third kappa shape index (κ3) is 1.54. The summed E-state index contributed by atoms with van der Waals surface area (Å²) in [5.74, 6) is 1.03. The number of fused-ring (bicyclic) bond motifs is 3. The molecular weight excluding hydrogens is 264 g/mol. The normalized spacial score (nSPS) is 11.4. The van der Waals surface area contributed by atoms with Crippen LogP contribution in [0.1, 0.15) is 0 Å². The topological polar surface area (TPSA) is 52.1 Å². The van der Waals surface area contributed by atoms with E-state index in [4.69, 9.17) is 20.4 Å². The van der Waals surface area contributed by atoms with Gasteiger partial charge in [-0.25, -0.2) is 9.97 Å². The lowest BCUT2D eigenvalue weighted by Crippen LogP contribution is -1.88. The van der Waals surface area contributed by atoms with Gasteiger partial charge >= 0.3 is 0 Å². The van der Waals surface area contributed by atoms with Crippen LogP contribution in [0.3, 0.4) is 0 Å². The molecule has 0 atom stereocenters. The predicted molar refractivity (Wildman–Crippen MR) is 72.0 cm³/mol. The molecule has 3 heterocycles. The molecule has 0 unspecified atom stereocenters. The van der Waals surface area contributed by atoms with Crippen LogP contribution >= 0.6 is 11.6 Å². The zero-order chi connectivity index (χ0) is 12.8. The van der Waals surface area contributed by atoms with Crippen molar-refractivity contribution in [2.45, 2.75) is 0 Å². The number of hydrogen-bond acceptors (Lipinski definition) is 4. The maximum Gasteiger partial charge on any atom is 0.197 e. The smallest absolute Gasteiger partial charge is 0.197 e. The Morgan fingerprint density at radius 2 is 1.89 bits per heavy atom. The highest BCUT2D eigenvalue weighted by molar-refractivity contribution is 6.34. The largest absolute Gasteiger partial charge is 0.461 e. The minimum absolute atomic E-state index is 0.285. The SMILES string of the molecule is Clc1nc(-c2ccco2)nc2c1oc1ccccc12. The van der Waals surface area contributed by atoms with Gasteiger partial charge in [-0.2, -0.15) is 0 Å². The molecular formula is C14H7ClN2O2. The molecule has 0 aliphatic carbocycles. The Labute approximate surface area is 112 Å². The van der Waals surface area contributed by atoms with Crippen molar-refractivity contribution in [3.63, 3.8) is 0 Å². The first-order valence-corrected chi connectivity index (χ1v) is 6.09. The van der Waals surface area contributed by atoms with Crippen LogP contribution in [-0.4, -0.2) is 9.97 Å². The lowest BCUT2D eigenvalue weighted by molar-refractivity contribution is 0.577. The van der Waals surface area contributed by atoms with E-state index >= 15 is 0 Å². The predicted octanol–water partition coefficient (Wildman–Crippen LogP) is 4.29. The number of hydrogen-bond donors (Lipinski definition) is 0. The van der Waals surface area contributed by atoms with Crippen molar-refractivity contribution in [1.29, 1.82) is 0 Å². The molecule has 5 heteroatoms. The maximum atomic E-state index is 6.16. The molecule has 4 aromatic rings. The fourth-order valence-corrected chi connectivity index (χ4v) is 2.28. The lowest BCUT2D eigenvalue weighted by Gasteiger charge is -1.97. The molecule has 0 aliphatic heterocycles. The van der Waals surface area contributed by atoms with Gasteiger partial charge in [0.05, 0.1) is 6.26 Å². The average Bonchev–Trinajstić information content (AvgIpc) is 3.06. The summed E-state index contributed by atoms with van der Waals surface area (Å²) in [6.07, 6.45) is 1.57.